The minimum absolute atomic E-state index is 0.575. The Kier molecular flexibility index (Phi) is 5.50. The average molecular weight is 339 g/mol. The number of nitrogens with zero attached hydrogens (tertiary/aromatic N) is 1. The van der Waals surface area contributed by atoms with Crippen molar-refractivity contribution >= 4 is 21.6 Å². The molecule has 3 heteroatoms. The van der Waals surface area contributed by atoms with Crippen molar-refractivity contribution in [1.29, 1.82) is 0 Å². The molecular weight excluding hydrogens is 312 g/mol. The summed E-state index contributed by atoms with van der Waals surface area (Å²) < 4.78 is 1.17. The fourth-order valence-corrected chi connectivity index (χ4v) is 3.56. The van der Waals surface area contributed by atoms with Gasteiger partial charge in [0.25, 0.3) is 0 Å². The molecule has 1 aromatic rings. The Balaban J connectivity index is 2.13. The van der Waals surface area contributed by atoms with Gasteiger partial charge in [-0.05, 0) is 56.8 Å². The zero-order valence-corrected chi connectivity index (χ0v) is 14.7. The van der Waals surface area contributed by atoms with Crippen molar-refractivity contribution in [2.75, 3.05) is 18.0 Å². The summed E-state index contributed by atoms with van der Waals surface area (Å²) in [7, 11) is 0. The molecule has 2 rings (SSSR count). The van der Waals surface area contributed by atoms with Gasteiger partial charge in [0.15, 0.2) is 0 Å². The van der Waals surface area contributed by atoms with Crippen LogP contribution in [0.2, 0.25) is 0 Å². The molecule has 0 aromatic heterocycles. The fourth-order valence-electron chi connectivity index (χ4n) is 3.21. The highest BCUT2D eigenvalue weighted by atomic mass is 79.9. The van der Waals surface area contributed by atoms with Gasteiger partial charge in [0, 0.05) is 28.8 Å². The Morgan fingerprint density at radius 3 is 2.80 bits per heavy atom. The molecule has 1 saturated heterocycles. The molecule has 0 spiro atoms. The van der Waals surface area contributed by atoms with Crippen molar-refractivity contribution in [3.63, 3.8) is 0 Å². The van der Waals surface area contributed by atoms with E-state index in [9.17, 15) is 0 Å². The van der Waals surface area contributed by atoms with E-state index in [1.54, 1.807) is 0 Å². The van der Waals surface area contributed by atoms with E-state index in [4.69, 9.17) is 0 Å². The number of piperidine rings is 1. The van der Waals surface area contributed by atoms with Crippen LogP contribution in [0.15, 0.2) is 22.7 Å². The molecule has 1 heterocycles. The SMILES string of the molecule is CCCNC1CCN(c2cc(Br)ccc2C)C(C)C1C. The Hall–Kier alpha value is -0.540. The lowest BCUT2D eigenvalue weighted by molar-refractivity contribution is 0.271. The minimum atomic E-state index is 0.575. The number of benzene rings is 1. The lowest BCUT2D eigenvalue weighted by Crippen LogP contribution is -2.53. The molecule has 1 N–H and O–H groups in total. The number of hydrogen-bond donors (Lipinski definition) is 1. The van der Waals surface area contributed by atoms with Crippen LogP contribution in [0.1, 0.15) is 39.2 Å². The lowest BCUT2D eigenvalue weighted by atomic mass is 9.86. The van der Waals surface area contributed by atoms with Crippen molar-refractivity contribution in [2.45, 2.75) is 52.6 Å². The molecule has 0 saturated carbocycles. The molecule has 3 atom stereocenters. The van der Waals surface area contributed by atoms with Crippen LogP contribution in [0, 0.1) is 12.8 Å². The number of aryl methyl sites for hydroxylation is 1. The van der Waals surface area contributed by atoms with Gasteiger partial charge in [-0.3, -0.25) is 0 Å². The normalized spacial score (nSPS) is 26.9. The molecular formula is C17H27BrN2. The van der Waals surface area contributed by atoms with Crippen LogP contribution in [0.5, 0.6) is 0 Å². The Labute approximate surface area is 132 Å². The quantitative estimate of drug-likeness (QED) is 0.877. The largest absolute Gasteiger partial charge is 0.368 e. The topological polar surface area (TPSA) is 15.3 Å². The third-order valence-corrected chi connectivity index (χ3v) is 5.20. The second-order valence-corrected chi connectivity index (χ2v) is 6.99. The first kappa shape index (κ1) is 15.8. The maximum Gasteiger partial charge on any atom is 0.0409 e. The van der Waals surface area contributed by atoms with Crippen molar-refractivity contribution in [2.24, 2.45) is 5.92 Å². The Morgan fingerprint density at radius 1 is 1.35 bits per heavy atom. The van der Waals surface area contributed by atoms with Crippen molar-refractivity contribution in [3.05, 3.63) is 28.2 Å². The standard InChI is InChI=1S/C17H27BrN2/c1-5-9-19-16-8-10-20(14(4)13(16)3)17-11-15(18)7-6-12(17)2/h6-7,11,13-14,16,19H,5,8-10H2,1-4H3. The molecule has 0 bridgehead atoms. The van der Waals surface area contributed by atoms with E-state index in [0.29, 0.717) is 18.0 Å². The monoisotopic (exact) mass is 338 g/mol. The second kappa shape index (κ2) is 6.95. The first-order valence-electron chi connectivity index (χ1n) is 7.80. The third-order valence-electron chi connectivity index (χ3n) is 4.71. The van der Waals surface area contributed by atoms with E-state index in [-0.39, 0.29) is 0 Å². The lowest BCUT2D eigenvalue weighted by Gasteiger charge is -2.45. The smallest absolute Gasteiger partial charge is 0.0409 e. The zero-order valence-electron chi connectivity index (χ0n) is 13.1. The molecule has 1 fully saturated rings. The van der Waals surface area contributed by atoms with E-state index in [0.717, 1.165) is 13.1 Å². The first-order chi connectivity index (χ1) is 9.54. The van der Waals surface area contributed by atoms with Crippen LogP contribution in [-0.4, -0.2) is 25.2 Å². The summed E-state index contributed by atoms with van der Waals surface area (Å²) in [6.45, 7) is 11.5. The predicted molar refractivity (Wildman–Crippen MR) is 91.5 cm³/mol. The molecule has 20 heavy (non-hydrogen) atoms. The number of anilines is 1. The summed E-state index contributed by atoms with van der Waals surface area (Å²) in [6.07, 6.45) is 2.45. The van der Waals surface area contributed by atoms with Gasteiger partial charge in [-0.25, -0.2) is 0 Å². The summed E-state index contributed by atoms with van der Waals surface area (Å²) >= 11 is 3.61. The molecule has 0 aliphatic carbocycles. The van der Waals surface area contributed by atoms with Crippen molar-refractivity contribution < 1.29 is 0 Å². The van der Waals surface area contributed by atoms with Gasteiger partial charge in [0.2, 0.25) is 0 Å². The maximum absolute atomic E-state index is 3.71. The van der Waals surface area contributed by atoms with Crippen LogP contribution in [0.3, 0.4) is 0 Å². The molecule has 0 amide bonds. The van der Waals surface area contributed by atoms with Gasteiger partial charge in [-0.1, -0.05) is 35.8 Å². The summed E-state index contributed by atoms with van der Waals surface area (Å²) in [5.41, 5.74) is 2.75. The van der Waals surface area contributed by atoms with Crippen molar-refractivity contribution in [1.82, 2.24) is 5.32 Å². The highest BCUT2D eigenvalue weighted by molar-refractivity contribution is 9.10. The van der Waals surface area contributed by atoms with Gasteiger partial charge in [-0.2, -0.15) is 0 Å². The molecule has 1 aliphatic rings. The van der Waals surface area contributed by atoms with Gasteiger partial charge in [0.05, 0.1) is 0 Å². The van der Waals surface area contributed by atoms with Crippen LogP contribution in [0.4, 0.5) is 5.69 Å². The van der Waals surface area contributed by atoms with Crippen LogP contribution in [0.25, 0.3) is 0 Å². The van der Waals surface area contributed by atoms with E-state index in [2.05, 4.69) is 72.0 Å². The molecule has 0 radical (unpaired) electrons. The molecule has 2 nitrogen and oxygen atoms in total. The van der Waals surface area contributed by atoms with Crippen LogP contribution in [-0.2, 0) is 0 Å². The Morgan fingerprint density at radius 2 is 2.10 bits per heavy atom. The Bertz CT molecular complexity index is 447. The molecule has 3 unspecified atom stereocenters. The summed E-state index contributed by atoms with van der Waals surface area (Å²) in [6, 6.07) is 7.83. The molecule has 1 aromatic carbocycles. The third kappa shape index (κ3) is 3.37. The summed E-state index contributed by atoms with van der Waals surface area (Å²) in [5, 5.41) is 3.71. The van der Waals surface area contributed by atoms with E-state index in [1.807, 2.05) is 0 Å². The minimum Gasteiger partial charge on any atom is -0.368 e. The maximum atomic E-state index is 3.71. The van der Waals surface area contributed by atoms with Crippen molar-refractivity contribution in [3.8, 4) is 0 Å². The summed E-state index contributed by atoms with van der Waals surface area (Å²) in [4.78, 5) is 2.58. The van der Waals surface area contributed by atoms with Gasteiger partial charge >= 0.3 is 0 Å². The summed E-state index contributed by atoms with van der Waals surface area (Å²) in [5.74, 6) is 0.675. The number of rotatable bonds is 4. The van der Waals surface area contributed by atoms with Crippen LogP contribution >= 0.6 is 15.9 Å². The highest BCUT2D eigenvalue weighted by Crippen LogP contribution is 2.32. The first-order valence-corrected chi connectivity index (χ1v) is 8.60. The number of hydrogen-bond acceptors (Lipinski definition) is 2. The fraction of sp³-hybridized carbons (Fsp3) is 0.647. The second-order valence-electron chi connectivity index (χ2n) is 6.07. The van der Waals surface area contributed by atoms with E-state index in [1.165, 1.54) is 28.6 Å². The zero-order chi connectivity index (χ0) is 14.7. The molecule has 112 valence electrons. The number of nitrogens with one attached hydrogen (secondary N) is 1. The molecule has 1 aliphatic heterocycles. The van der Waals surface area contributed by atoms with E-state index < -0.39 is 0 Å². The van der Waals surface area contributed by atoms with Gasteiger partial charge in [0.1, 0.15) is 0 Å². The highest BCUT2D eigenvalue weighted by Gasteiger charge is 2.32. The predicted octanol–water partition coefficient (Wildman–Crippen LogP) is 4.36. The van der Waals surface area contributed by atoms with Gasteiger partial charge in [-0.15, -0.1) is 0 Å². The van der Waals surface area contributed by atoms with Gasteiger partial charge < -0.3 is 10.2 Å². The average Bonchev–Trinajstić information content (AvgIpc) is 2.43. The van der Waals surface area contributed by atoms with E-state index >= 15 is 0 Å². The van der Waals surface area contributed by atoms with Crippen LogP contribution < -0.4 is 10.2 Å². The number of halogens is 1.